The number of rotatable bonds is 5. The highest BCUT2D eigenvalue weighted by molar-refractivity contribution is 6.06. The van der Waals surface area contributed by atoms with Crippen molar-refractivity contribution in [2.24, 2.45) is 0 Å². The molecule has 3 aromatic rings. The van der Waals surface area contributed by atoms with E-state index in [1.54, 1.807) is 24.3 Å². The molecule has 0 atom stereocenters. The van der Waals surface area contributed by atoms with E-state index < -0.39 is 0 Å². The van der Waals surface area contributed by atoms with E-state index in [4.69, 9.17) is 0 Å². The number of carbonyl (C=O) groups is 2. The van der Waals surface area contributed by atoms with Crippen LogP contribution in [0.2, 0.25) is 0 Å². The number of amides is 2. The Morgan fingerprint density at radius 2 is 1.62 bits per heavy atom. The fourth-order valence-electron chi connectivity index (χ4n) is 2.77. The van der Waals surface area contributed by atoms with Gasteiger partial charge in [-0.1, -0.05) is 48.5 Å². The number of urea groups is 1. The number of hydrogen-bond acceptors (Lipinski definition) is 3. The van der Waals surface area contributed by atoms with Crippen LogP contribution in [0.3, 0.4) is 0 Å². The van der Waals surface area contributed by atoms with E-state index >= 15 is 0 Å². The summed E-state index contributed by atoms with van der Waals surface area (Å²) in [6.07, 6.45) is 0. The summed E-state index contributed by atoms with van der Waals surface area (Å²) in [7, 11) is 3.69. The molecule has 0 radical (unpaired) electrons. The van der Waals surface area contributed by atoms with E-state index in [9.17, 15) is 9.59 Å². The highest BCUT2D eigenvalue weighted by Crippen LogP contribution is 2.23. The van der Waals surface area contributed by atoms with E-state index in [0.29, 0.717) is 17.8 Å². The second-order valence-electron chi connectivity index (χ2n) is 6.35. The van der Waals surface area contributed by atoms with Crippen LogP contribution in [0, 0.1) is 0 Å². The number of Topliss-reactive ketones (excluding diaryl/α,β-unsaturated/α-hetero) is 1. The van der Waals surface area contributed by atoms with Crippen molar-refractivity contribution in [3.63, 3.8) is 0 Å². The van der Waals surface area contributed by atoms with Gasteiger partial charge in [0.15, 0.2) is 5.78 Å². The Balaban J connectivity index is 1.73. The predicted octanol–water partition coefficient (Wildman–Crippen LogP) is 4.23. The Bertz CT molecular complexity index is 945. The summed E-state index contributed by atoms with van der Waals surface area (Å²) in [6.45, 7) is 0.325. The van der Waals surface area contributed by atoms with E-state index in [1.165, 1.54) is 0 Å². The number of carbonyl (C=O) groups excluding carboxylic acids is 2. The van der Waals surface area contributed by atoms with Gasteiger partial charge in [-0.2, -0.15) is 0 Å². The van der Waals surface area contributed by atoms with Gasteiger partial charge in [0, 0.05) is 16.6 Å². The van der Waals surface area contributed by atoms with Gasteiger partial charge >= 0.3 is 6.03 Å². The normalized spacial score (nSPS) is 10.7. The topological polar surface area (TPSA) is 61.4 Å². The largest absolute Gasteiger partial charge is 0.323 e. The predicted molar refractivity (Wildman–Crippen MR) is 106 cm³/mol. The number of fused-ring (bicyclic) bond motifs is 1. The van der Waals surface area contributed by atoms with E-state index in [1.807, 2.05) is 61.5 Å². The average molecular weight is 347 g/mol. The van der Waals surface area contributed by atoms with Crippen LogP contribution in [-0.2, 0) is 0 Å². The van der Waals surface area contributed by atoms with Crippen molar-refractivity contribution in [2.45, 2.75) is 0 Å². The van der Waals surface area contributed by atoms with Gasteiger partial charge in [-0.05, 0) is 37.7 Å². The van der Waals surface area contributed by atoms with Crippen LogP contribution in [0.1, 0.15) is 10.4 Å². The van der Waals surface area contributed by atoms with Crippen LogP contribution in [-0.4, -0.2) is 37.4 Å². The zero-order valence-electron chi connectivity index (χ0n) is 14.8. The number of ketones is 1. The Morgan fingerprint density at radius 1 is 0.885 bits per heavy atom. The van der Waals surface area contributed by atoms with Crippen molar-refractivity contribution in [3.8, 4) is 0 Å². The zero-order chi connectivity index (χ0) is 18.5. The van der Waals surface area contributed by atoms with Gasteiger partial charge in [-0.15, -0.1) is 0 Å². The molecule has 132 valence electrons. The van der Waals surface area contributed by atoms with Gasteiger partial charge in [0.2, 0.25) is 0 Å². The molecule has 0 aromatic heterocycles. The Labute approximate surface area is 152 Å². The number of nitrogens with zero attached hydrogens (tertiary/aromatic N) is 1. The molecule has 26 heavy (non-hydrogen) atoms. The molecule has 3 rings (SSSR count). The smallest absolute Gasteiger partial charge is 0.308 e. The third-order valence-electron chi connectivity index (χ3n) is 3.94. The van der Waals surface area contributed by atoms with E-state index in [-0.39, 0.29) is 11.8 Å². The minimum absolute atomic E-state index is 0.00751. The Hall–Kier alpha value is -3.18. The third kappa shape index (κ3) is 4.26. The van der Waals surface area contributed by atoms with Crippen LogP contribution in [0.15, 0.2) is 66.7 Å². The monoisotopic (exact) mass is 347 g/mol. The summed E-state index contributed by atoms with van der Waals surface area (Å²) in [5, 5.41) is 7.69. The van der Waals surface area contributed by atoms with Gasteiger partial charge in [-0.3, -0.25) is 4.79 Å². The second kappa shape index (κ2) is 7.80. The second-order valence-corrected chi connectivity index (χ2v) is 6.35. The quantitative estimate of drug-likeness (QED) is 0.679. The van der Waals surface area contributed by atoms with E-state index in [2.05, 4.69) is 10.6 Å². The number of likely N-dealkylation sites (N-methyl/N-ethyl adjacent to an activating group) is 1. The Morgan fingerprint density at radius 3 is 2.42 bits per heavy atom. The molecule has 2 N–H and O–H groups in total. The molecule has 0 heterocycles. The molecule has 0 aliphatic carbocycles. The molecule has 0 saturated carbocycles. The van der Waals surface area contributed by atoms with Gasteiger partial charge in [0.1, 0.15) is 0 Å². The molecule has 0 unspecified atom stereocenters. The van der Waals surface area contributed by atoms with Crippen molar-refractivity contribution in [2.75, 3.05) is 31.3 Å². The molecule has 3 aromatic carbocycles. The first kappa shape index (κ1) is 17.6. The maximum absolute atomic E-state index is 12.4. The standard InChI is InChI=1S/C21H21N3O2/c1-24(2)14-20(25)16-9-5-10-17(13-16)22-21(26)23-19-12-6-8-15-7-3-4-11-18(15)19/h3-13H,14H2,1-2H3,(H2,22,23,26). The number of nitrogens with one attached hydrogen (secondary N) is 2. The Kier molecular flexibility index (Phi) is 5.29. The fraction of sp³-hybridized carbons (Fsp3) is 0.143. The molecule has 0 fully saturated rings. The number of benzene rings is 3. The summed E-state index contributed by atoms with van der Waals surface area (Å²) >= 11 is 0. The molecular formula is C21H21N3O2. The van der Waals surface area contributed by atoms with Crippen LogP contribution in [0.25, 0.3) is 10.8 Å². The van der Waals surface area contributed by atoms with Crippen molar-refractivity contribution < 1.29 is 9.59 Å². The van der Waals surface area contributed by atoms with Gasteiger partial charge in [-0.25, -0.2) is 4.79 Å². The maximum Gasteiger partial charge on any atom is 0.323 e. The molecule has 0 bridgehead atoms. The minimum Gasteiger partial charge on any atom is -0.308 e. The van der Waals surface area contributed by atoms with Gasteiger partial charge < -0.3 is 15.5 Å². The highest BCUT2D eigenvalue weighted by atomic mass is 16.2. The molecule has 5 nitrogen and oxygen atoms in total. The first-order valence-corrected chi connectivity index (χ1v) is 8.37. The van der Waals surface area contributed by atoms with Crippen LogP contribution >= 0.6 is 0 Å². The van der Waals surface area contributed by atoms with Gasteiger partial charge in [0.25, 0.3) is 0 Å². The summed E-state index contributed by atoms with van der Waals surface area (Å²) in [6, 6.07) is 20.2. The lowest BCUT2D eigenvalue weighted by Crippen LogP contribution is -2.22. The van der Waals surface area contributed by atoms with E-state index in [0.717, 1.165) is 16.5 Å². The lowest BCUT2D eigenvalue weighted by Gasteiger charge is -2.12. The number of hydrogen-bond donors (Lipinski definition) is 2. The summed E-state index contributed by atoms with van der Waals surface area (Å²) in [5.74, 6) is 0.00751. The lowest BCUT2D eigenvalue weighted by molar-refractivity contribution is 0.0958. The highest BCUT2D eigenvalue weighted by Gasteiger charge is 2.10. The molecule has 5 heteroatoms. The first-order chi connectivity index (χ1) is 12.5. The molecular weight excluding hydrogens is 326 g/mol. The van der Waals surface area contributed by atoms with Crippen LogP contribution in [0.5, 0.6) is 0 Å². The van der Waals surface area contributed by atoms with Gasteiger partial charge in [0.05, 0.1) is 12.2 Å². The summed E-state index contributed by atoms with van der Waals surface area (Å²) < 4.78 is 0. The van der Waals surface area contributed by atoms with Crippen molar-refractivity contribution in [1.29, 1.82) is 0 Å². The summed E-state index contributed by atoms with van der Waals surface area (Å²) in [4.78, 5) is 26.3. The molecule has 0 aliphatic rings. The van der Waals surface area contributed by atoms with Crippen molar-refractivity contribution in [1.82, 2.24) is 4.90 Å². The molecule has 0 aliphatic heterocycles. The molecule has 0 saturated heterocycles. The minimum atomic E-state index is -0.349. The SMILES string of the molecule is CN(C)CC(=O)c1cccc(NC(=O)Nc2cccc3ccccc23)c1. The molecule has 0 spiro atoms. The summed E-state index contributed by atoms with van der Waals surface area (Å²) in [5.41, 5.74) is 1.88. The zero-order valence-corrected chi connectivity index (χ0v) is 14.8. The average Bonchev–Trinajstić information content (AvgIpc) is 2.61. The van der Waals surface area contributed by atoms with Crippen LogP contribution < -0.4 is 10.6 Å². The first-order valence-electron chi connectivity index (χ1n) is 8.37. The molecule has 2 amide bonds. The fourth-order valence-corrected chi connectivity index (χ4v) is 2.77. The van der Waals surface area contributed by atoms with Crippen molar-refractivity contribution in [3.05, 3.63) is 72.3 Å². The maximum atomic E-state index is 12.4. The lowest BCUT2D eigenvalue weighted by atomic mass is 10.1. The van der Waals surface area contributed by atoms with Crippen molar-refractivity contribution >= 4 is 34.0 Å². The number of anilines is 2. The third-order valence-corrected chi connectivity index (χ3v) is 3.94. The van der Waals surface area contributed by atoms with Crippen LogP contribution in [0.4, 0.5) is 16.2 Å².